The highest BCUT2D eigenvalue weighted by atomic mass is 79.9. The van der Waals surface area contributed by atoms with Crippen molar-refractivity contribution in [2.45, 2.75) is 180 Å². The molecular weight excluding hydrogens is 788 g/mol. The van der Waals surface area contributed by atoms with Gasteiger partial charge in [0.15, 0.2) is 0 Å². The van der Waals surface area contributed by atoms with Gasteiger partial charge in [0, 0.05) is 12.8 Å². The third-order valence-corrected chi connectivity index (χ3v) is 10.3. The number of halogens is 2. The summed E-state index contributed by atoms with van der Waals surface area (Å²) in [7, 11) is 8.78. The fourth-order valence-electron chi connectivity index (χ4n) is 6.64. The molecule has 0 rings (SSSR count). The summed E-state index contributed by atoms with van der Waals surface area (Å²) >= 11 is 0. The largest absolute Gasteiger partial charge is 1.00 e. The lowest BCUT2D eigenvalue weighted by molar-refractivity contribution is -0.890. The van der Waals surface area contributed by atoms with Crippen LogP contribution in [0.2, 0.25) is 0 Å². The quantitative estimate of drug-likeness (QED) is 0.0561. The molecular formula is C42H86Br2N2O6. The van der Waals surface area contributed by atoms with E-state index in [0.717, 1.165) is 86.5 Å². The molecule has 0 aromatic rings. The Balaban J connectivity index is -0.0000120. The number of quaternary nitrogens is 2. The highest BCUT2D eigenvalue weighted by Crippen LogP contribution is 2.14. The van der Waals surface area contributed by atoms with Crippen molar-refractivity contribution in [3.63, 3.8) is 0 Å². The fraction of sp³-hybridized carbons (Fsp3) is 0.952. The van der Waals surface area contributed by atoms with E-state index in [0.29, 0.717) is 26.1 Å². The Kier molecular flexibility index (Phi) is 43.6. The van der Waals surface area contributed by atoms with Crippen LogP contribution in [0, 0.1) is 0 Å². The van der Waals surface area contributed by atoms with E-state index in [-0.39, 0.29) is 59.1 Å². The van der Waals surface area contributed by atoms with Gasteiger partial charge in [0.2, 0.25) is 0 Å². The SMILES string of the molecule is C[N+](C)(CCO)CCCCCCCCCCCOC(=O)CCCCCCCCCCC(=O)OCCCCCCCCCCC[N+](C)(C)CCO.[Br-].[Br-]. The maximum atomic E-state index is 12.0. The van der Waals surface area contributed by atoms with Gasteiger partial charge in [-0.3, -0.25) is 9.59 Å². The highest BCUT2D eigenvalue weighted by Gasteiger charge is 2.13. The standard InChI is InChI=1S/C42H86N2O6.2BrH/c1-43(2,35-37-45)33-27-21-15-9-5-11-17-23-29-39-49-41(47)31-25-19-13-7-8-14-20-26-32-42(48)50-40-30-24-18-12-6-10-16-22-28-34-44(3,4)36-38-46;;/h45-46H,5-40H2,1-4H3;2*1H/q+2;;/p-2. The van der Waals surface area contributed by atoms with E-state index < -0.39 is 0 Å². The van der Waals surface area contributed by atoms with E-state index in [1.807, 2.05) is 0 Å². The van der Waals surface area contributed by atoms with Gasteiger partial charge >= 0.3 is 11.9 Å². The maximum Gasteiger partial charge on any atom is 0.305 e. The number of hydrogen-bond donors (Lipinski definition) is 2. The zero-order valence-electron chi connectivity index (χ0n) is 34.6. The number of aliphatic hydroxyl groups excluding tert-OH is 2. The number of ether oxygens (including phenoxy) is 2. The van der Waals surface area contributed by atoms with E-state index in [4.69, 9.17) is 19.7 Å². The molecule has 0 radical (unpaired) electrons. The minimum atomic E-state index is -0.0369. The summed E-state index contributed by atoms with van der Waals surface area (Å²) in [5.41, 5.74) is 0. The predicted molar refractivity (Wildman–Crippen MR) is 209 cm³/mol. The number of aliphatic hydroxyl groups is 2. The molecule has 0 saturated heterocycles. The molecule has 0 amide bonds. The molecule has 0 atom stereocenters. The summed E-state index contributed by atoms with van der Waals surface area (Å²) in [6, 6.07) is 0. The Labute approximate surface area is 343 Å². The van der Waals surface area contributed by atoms with Crippen molar-refractivity contribution in [1.29, 1.82) is 0 Å². The molecule has 0 aromatic heterocycles. The van der Waals surface area contributed by atoms with Gasteiger partial charge in [-0.15, -0.1) is 0 Å². The smallest absolute Gasteiger partial charge is 0.305 e. The van der Waals surface area contributed by atoms with E-state index >= 15 is 0 Å². The predicted octanol–water partition coefficient (Wildman–Crippen LogP) is 3.14. The van der Waals surface area contributed by atoms with Gasteiger partial charge in [0.1, 0.15) is 13.1 Å². The van der Waals surface area contributed by atoms with Crippen LogP contribution in [0.15, 0.2) is 0 Å². The average molecular weight is 875 g/mol. The number of nitrogens with zero attached hydrogens (tertiary/aromatic N) is 2. The van der Waals surface area contributed by atoms with Crippen LogP contribution in [0.5, 0.6) is 0 Å². The van der Waals surface area contributed by atoms with Gasteiger partial charge in [0.25, 0.3) is 0 Å². The van der Waals surface area contributed by atoms with Gasteiger partial charge in [-0.25, -0.2) is 0 Å². The van der Waals surface area contributed by atoms with Crippen molar-refractivity contribution >= 4 is 11.9 Å². The fourth-order valence-corrected chi connectivity index (χ4v) is 6.64. The summed E-state index contributed by atoms with van der Waals surface area (Å²) in [6.07, 6.45) is 32.1. The highest BCUT2D eigenvalue weighted by molar-refractivity contribution is 5.69. The summed E-state index contributed by atoms with van der Waals surface area (Å²) in [4.78, 5) is 24.0. The van der Waals surface area contributed by atoms with Crippen molar-refractivity contribution in [3.8, 4) is 0 Å². The minimum absolute atomic E-state index is 0. The van der Waals surface area contributed by atoms with E-state index in [1.54, 1.807) is 0 Å². The van der Waals surface area contributed by atoms with Crippen molar-refractivity contribution in [2.75, 3.05) is 80.8 Å². The average Bonchev–Trinajstić information content (AvgIpc) is 3.06. The zero-order valence-corrected chi connectivity index (χ0v) is 37.8. The van der Waals surface area contributed by atoms with Crippen molar-refractivity contribution in [3.05, 3.63) is 0 Å². The third-order valence-electron chi connectivity index (χ3n) is 10.3. The van der Waals surface area contributed by atoms with Gasteiger partial charge in [0.05, 0.1) is 67.7 Å². The van der Waals surface area contributed by atoms with Crippen molar-refractivity contribution in [2.24, 2.45) is 0 Å². The van der Waals surface area contributed by atoms with Crippen LogP contribution < -0.4 is 34.0 Å². The summed E-state index contributed by atoms with van der Waals surface area (Å²) in [5, 5.41) is 18.2. The van der Waals surface area contributed by atoms with Gasteiger partial charge < -0.3 is 62.6 Å². The Morgan fingerprint density at radius 3 is 0.865 bits per heavy atom. The van der Waals surface area contributed by atoms with E-state index in [9.17, 15) is 9.59 Å². The Hall–Kier alpha value is -0.260. The van der Waals surface area contributed by atoms with E-state index in [2.05, 4.69) is 28.2 Å². The molecule has 0 aliphatic rings. The molecule has 0 unspecified atom stereocenters. The van der Waals surface area contributed by atoms with Crippen LogP contribution >= 0.6 is 0 Å². The van der Waals surface area contributed by atoms with Crippen LogP contribution in [0.3, 0.4) is 0 Å². The third kappa shape index (κ3) is 42.5. The van der Waals surface area contributed by atoms with E-state index in [1.165, 1.54) is 116 Å². The molecule has 10 heteroatoms. The number of likely N-dealkylation sites (N-methyl/N-ethyl adjacent to an activating group) is 2. The number of esters is 2. The first-order valence-electron chi connectivity index (χ1n) is 21.3. The van der Waals surface area contributed by atoms with Crippen molar-refractivity contribution in [1.82, 2.24) is 0 Å². The van der Waals surface area contributed by atoms with Crippen LogP contribution in [-0.4, -0.2) is 112 Å². The summed E-state index contributed by atoms with van der Waals surface area (Å²) < 4.78 is 12.7. The Morgan fingerprint density at radius 1 is 0.365 bits per heavy atom. The summed E-state index contributed by atoms with van der Waals surface area (Å²) in [6.45, 7) is 5.67. The number of rotatable bonds is 39. The second-order valence-corrected chi connectivity index (χ2v) is 16.3. The molecule has 0 fully saturated rings. The molecule has 52 heavy (non-hydrogen) atoms. The lowest BCUT2D eigenvalue weighted by atomic mass is 10.1. The van der Waals surface area contributed by atoms with Gasteiger partial charge in [-0.2, -0.15) is 0 Å². The molecule has 0 bridgehead atoms. The molecule has 0 saturated carbocycles. The number of unbranched alkanes of at least 4 members (excludes halogenated alkanes) is 23. The topological polar surface area (TPSA) is 93.1 Å². The monoisotopic (exact) mass is 872 g/mol. The first kappa shape index (κ1) is 56.1. The Bertz CT molecular complexity index is 711. The molecule has 0 aliphatic carbocycles. The first-order valence-corrected chi connectivity index (χ1v) is 21.3. The molecule has 0 aliphatic heterocycles. The minimum Gasteiger partial charge on any atom is -1.00 e. The van der Waals surface area contributed by atoms with Crippen LogP contribution in [-0.2, 0) is 19.1 Å². The molecule has 314 valence electrons. The molecule has 2 N–H and O–H groups in total. The Morgan fingerprint density at radius 2 is 0.596 bits per heavy atom. The number of carbonyl (C=O) groups is 2. The lowest BCUT2D eigenvalue weighted by Gasteiger charge is -2.28. The van der Waals surface area contributed by atoms with Gasteiger partial charge in [-0.05, 0) is 51.4 Å². The number of hydrogen-bond acceptors (Lipinski definition) is 6. The maximum absolute atomic E-state index is 12.0. The normalized spacial score (nSPS) is 11.6. The molecule has 0 aromatic carbocycles. The van der Waals surface area contributed by atoms with Gasteiger partial charge in [-0.1, -0.05) is 116 Å². The second-order valence-electron chi connectivity index (χ2n) is 16.3. The van der Waals surface area contributed by atoms with Crippen LogP contribution in [0.1, 0.15) is 180 Å². The van der Waals surface area contributed by atoms with Crippen LogP contribution in [0.25, 0.3) is 0 Å². The lowest BCUT2D eigenvalue weighted by Crippen LogP contribution is -3.00. The molecule has 8 nitrogen and oxygen atoms in total. The second kappa shape index (κ2) is 40.4. The molecule has 0 heterocycles. The summed E-state index contributed by atoms with van der Waals surface area (Å²) in [5.74, 6) is -0.0737. The van der Waals surface area contributed by atoms with Crippen molar-refractivity contribution < 1.29 is 72.2 Å². The first-order chi connectivity index (χ1) is 24.1. The molecule has 0 spiro atoms. The van der Waals surface area contributed by atoms with Crippen LogP contribution in [0.4, 0.5) is 0 Å². The zero-order chi connectivity index (χ0) is 37.0. The number of carbonyl (C=O) groups excluding carboxylic acids is 2.